The van der Waals surface area contributed by atoms with Gasteiger partial charge in [-0.05, 0) is 31.4 Å². The first-order chi connectivity index (χ1) is 10.6. The second-order valence-electron chi connectivity index (χ2n) is 5.63. The smallest absolute Gasteiger partial charge is 0.142 e. The summed E-state index contributed by atoms with van der Waals surface area (Å²) in [5.41, 5.74) is 0.308. The summed E-state index contributed by atoms with van der Waals surface area (Å²) >= 11 is 6.08. The van der Waals surface area contributed by atoms with Crippen LogP contribution in [-0.2, 0) is 0 Å². The van der Waals surface area contributed by atoms with Crippen molar-refractivity contribution in [2.24, 2.45) is 0 Å². The highest BCUT2D eigenvalue weighted by Gasteiger charge is 2.27. The summed E-state index contributed by atoms with van der Waals surface area (Å²) in [6, 6.07) is 2.10. The number of nitrogens with one attached hydrogen (secondary N) is 1. The largest absolute Gasteiger partial charge is 0.314 e. The van der Waals surface area contributed by atoms with Crippen molar-refractivity contribution in [3.63, 3.8) is 0 Å². The van der Waals surface area contributed by atoms with Gasteiger partial charge in [0.15, 0.2) is 0 Å². The fourth-order valence-electron chi connectivity index (χ4n) is 2.98. The average Bonchev–Trinajstić information content (AvgIpc) is 2.54. The summed E-state index contributed by atoms with van der Waals surface area (Å²) in [6.45, 7) is 7.07. The van der Waals surface area contributed by atoms with E-state index in [2.05, 4.69) is 16.8 Å². The molecule has 130 valence electrons. The van der Waals surface area contributed by atoms with Crippen LogP contribution >= 0.6 is 24.0 Å². The molecule has 1 saturated heterocycles. The van der Waals surface area contributed by atoms with Gasteiger partial charge in [-0.3, -0.25) is 4.90 Å². The third-order valence-corrected chi connectivity index (χ3v) is 4.52. The molecular weight excluding hydrogens is 341 g/mol. The van der Waals surface area contributed by atoms with Gasteiger partial charge in [-0.15, -0.1) is 19.0 Å². The van der Waals surface area contributed by atoms with Gasteiger partial charge < -0.3 is 5.32 Å². The number of unbranched alkanes of at least 4 members (excludes halogenated alkanes) is 2. The van der Waals surface area contributed by atoms with Crippen molar-refractivity contribution in [3.05, 3.63) is 47.0 Å². The molecular formula is C17H24Cl2F2N2. The maximum atomic E-state index is 14.3. The zero-order chi connectivity index (χ0) is 15.9. The summed E-state index contributed by atoms with van der Waals surface area (Å²) in [7, 11) is 0. The second kappa shape index (κ2) is 10.2. The molecule has 0 bridgehead atoms. The lowest BCUT2D eigenvalue weighted by Crippen LogP contribution is -2.45. The number of halogens is 4. The van der Waals surface area contributed by atoms with Crippen molar-refractivity contribution >= 4 is 24.0 Å². The lowest BCUT2D eigenvalue weighted by Gasteiger charge is -2.36. The Hall–Kier alpha value is -0.680. The van der Waals surface area contributed by atoms with Crippen molar-refractivity contribution in [1.29, 1.82) is 0 Å². The Morgan fingerprint density at radius 1 is 1.22 bits per heavy atom. The highest BCUT2D eigenvalue weighted by atomic mass is 35.5. The van der Waals surface area contributed by atoms with Crippen molar-refractivity contribution in [2.75, 3.05) is 26.2 Å². The van der Waals surface area contributed by atoms with E-state index in [1.165, 1.54) is 6.07 Å². The van der Waals surface area contributed by atoms with Crippen LogP contribution in [0, 0.1) is 11.6 Å². The minimum Gasteiger partial charge on any atom is -0.314 e. The monoisotopic (exact) mass is 364 g/mol. The average molecular weight is 365 g/mol. The van der Waals surface area contributed by atoms with Crippen LogP contribution < -0.4 is 5.32 Å². The standard InChI is InChI=1S/C17H23ClF2N2.ClH/c1-2-3-4-5-6-15(22-11-9-21-10-12-22)16-13(19)7-8-14(20)17(16)18;/h2,7-8,15,21H,1,3-6,9-12H2;1H/t15-;/m1./s1. The van der Waals surface area contributed by atoms with Gasteiger partial charge in [0.05, 0.1) is 5.02 Å². The van der Waals surface area contributed by atoms with Crippen LogP contribution in [0.1, 0.15) is 37.3 Å². The molecule has 1 aromatic rings. The zero-order valence-corrected chi connectivity index (χ0v) is 14.7. The van der Waals surface area contributed by atoms with Crippen molar-refractivity contribution < 1.29 is 8.78 Å². The molecule has 1 aliphatic rings. The second-order valence-corrected chi connectivity index (χ2v) is 6.01. The molecule has 1 heterocycles. The Bertz CT molecular complexity index is 506. The minimum atomic E-state index is -0.552. The third kappa shape index (κ3) is 5.42. The first-order valence-electron chi connectivity index (χ1n) is 7.84. The molecule has 1 atom stereocenters. The SMILES string of the molecule is C=CCCCC[C@H](c1c(F)ccc(F)c1Cl)N1CCNCC1.Cl. The highest BCUT2D eigenvalue weighted by Crippen LogP contribution is 2.35. The maximum Gasteiger partial charge on any atom is 0.142 e. The predicted octanol–water partition coefficient (Wildman–Crippen LogP) is 4.73. The molecule has 0 aliphatic carbocycles. The zero-order valence-electron chi connectivity index (χ0n) is 13.2. The third-order valence-electron chi connectivity index (χ3n) is 4.14. The van der Waals surface area contributed by atoms with E-state index in [1.807, 2.05) is 6.08 Å². The van der Waals surface area contributed by atoms with E-state index in [1.54, 1.807) is 0 Å². The van der Waals surface area contributed by atoms with Crippen LogP contribution in [0.15, 0.2) is 24.8 Å². The fraction of sp³-hybridized carbons (Fsp3) is 0.529. The van der Waals surface area contributed by atoms with E-state index in [9.17, 15) is 8.78 Å². The van der Waals surface area contributed by atoms with Gasteiger partial charge in [0.2, 0.25) is 0 Å². The molecule has 0 radical (unpaired) electrons. The number of rotatable bonds is 7. The Labute approximate surface area is 148 Å². The van der Waals surface area contributed by atoms with E-state index in [0.29, 0.717) is 5.56 Å². The van der Waals surface area contributed by atoms with E-state index in [-0.39, 0.29) is 23.5 Å². The number of allylic oxidation sites excluding steroid dienone is 1. The van der Waals surface area contributed by atoms with Crippen molar-refractivity contribution in [1.82, 2.24) is 10.2 Å². The first-order valence-corrected chi connectivity index (χ1v) is 8.22. The van der Waals surface area contributed by atoms with E-state index in [0.717, 1.165) is 57.9 Å². The Morgan fingerprint density at radius 3 is 2.52 bits per heavy atom. The van der Waals surface area contributed by atoms with Crippen LogP contribution in [0.2, 0.25) is 5.02 Å². The highest BCUT2D eigenvalue weighted by molar-refractivity contribution is 6.31. The van der Waals surface area contributed by atoms with Gasteiger partial charge >= 0.3 is 0 Å². The summed E-state index contributed by atoms with van der Waals surface area (Å²) < 4.78 is 28.1. The molecule has 0 unspecified atom stereocenters. The lowest BCUT2D eigenvalue weighted by atomic mass is 9.97. The van der Waals surface area contributed by atoms with Gasteiger partial charge in [0.1, 0.15) is 11.6 Å². The quantitative estimate of drug-likeness (QED) is 0.427. The molecule has 0 spiro atoms. The van der Waals surface area contributed by atoms with E-state index >= 15 is 0 Å². The van der Waals surface area contributed by atoms with Crippen molar-refractivity contribution in [2.45, 2.75) is 31.7 Å². The molecule has 0 amide bonds. The summed E-state index contributed by atoms with van der Waals surface area (Å²) in [5, 5.41) is 3.21. The van der Waals surface area contributed by atoms with Crippen LogP contribution in [0.4, 0.5) is 8.78 Å². The van der Waals surface area contributed by atoms with Gasteiger partial charge in [0, 0.05) is 37.8 Å². The normalized spacial score (nSPS) is 16.7. The van der Waals surface area contributed by atoms with E-state index < -0.39 is 11.6 Å². The molecule has 1 fully saturated rings. The van der Waals surface area contributed by atoms with Crippen molar-refractivity contribution in [3.8, 4) is 0 Å². The van der Waals surface area contributed by atoms with Gasteiger partial charge in [0.25, 0.3) is 0 Å². The topological polar surface area (TPSA) is 15.3 Å². The van der Waals surface area contributed by atoms with Crippen LogP contribution in [-0.4, -0.2) is 31.1 Å². The number of piperazine rings is 1. The molecule has 0 saturated carbocycles. The number of hydrogen-bond donors (Lipinski definition) is 1. The molecule has 2 rings (SSSR count). The Morgan fingerprint density at radius 2 is 1.87 bits per heavy atom. The lowest BCUT2D eigenvalue weighted by molar-refractivity contribution is 0.159. The van der Waals surface area contributed by atoms with Crippen LogP contribution in [0.25, 0.3) is 0 Å². The molecule has 1 N–H and O–H groups in total. The van der Waals surface area contributed by atoms with E-state index in [4.69, 9.17) is 11.6 Å². The van der Waals surface area contributed by atoms with Gasteiger partial charge in [-0.1, -0.05) is 24.1 Å². The summed E-state index contributed by atoms with van der Waals surface area (Å²) in [6.07, 6.45) is 5.53. The molecule has 1 aliphatic heterocycles. The maximum absolute atomic E-state index is 14.3. The first kappa shape index (κ1) is 20.4. The number of nitrogens with zero attached hydrogens (tertiary/aromatic N) is 1. The number of benzene rings is 1. The minimum absolute atomic E-state index is 0. The molecule has 0 aromatic heterocycles. The molecule has 1 aromatic carbocycles. The van der Waals surface area contributed by atoms with Crippen LogP contribution in [0.3, 0.4) is 0 Å². The Balaban J connectivity index is 0.00000264. The predicted molar refractivity (Wildman–Crippen MR) is 94.5 cm³/mol. The van der Waals surface area contributed by atoms with Crippen LogP contribution in [0.5, 0.6) is 0 Å². The van der Waals surface area contributed by atoms with Gasteiger partial charge in [-0.2, -0.15) is 0 Å². The summed E-state index contributed by atoms with van der Waals surface area (Å²) in [4.78, 5) is 2.20. The fourth-order valence-corrected chi connectivity index (χ4v) is 3.26. The molecule has 6 heteroatoms. The van der Waals surface area contributed by atoms with Gasteiger partial charge in [-0.25, -0.2) is 8.78 Å². The molecule has 2 nitrogen and oxygen atoms in total. The summed E-state index contributed by atoms with van der Waals surface area (Å²) in [5.74, 6) is -0.969. The number of hydrogen-bond acceptors (Lipinski definition) is 2. The Kier molecular flexibility index (Phi) is 9.07. The molecule has 23 heavy (non-hydrogen) atoms.